The summed E-state index contributed by atoms with van der Waals surface area (Å²) in [4.78, 5) is 25.1. The van der Waals surface area contributed by atoms with E-state index < -0.39 is 0 Å². The Labute approximate surface area is 198 Å². The number of hydrogen-bond donors (Lipinski definition) is 2. The number of nitrogens with zero attached hydrogens (tertiary/aromatic N) is 3. The van der Waals surface area contributed by atoms with Crippen molar-refractivity contribution >= 4 is 29.3 Å². The molecule has 0 fully saturated rings. The van der Waals surface area contributed by atoms with Gasteiger partial charge in [0.1, 0.15) is 0 Å². The zero-order valence-electron chi connectivity index (χ0n) is 19.4. The minimum Gasteiger partial charge on any atom is -0.342 e. The summed E-state index contributed by atoms with van der Waals surface area (Å²) in [5.74, 6) is 0.484. The number of anilines is 1. The largest absolute Gasteiger partial charge is 0.342 e. The Morgan fingerprint density at radius 1 is 1.06 bits per heavy atom. The molecule has 0 aliphatic rings. The van der Waals surface area contributed by atoms with Crippen LogP contribution in [0.25, 0.3) is 0 Å². The zero-order valence-corrected chi connectivity index (χ0v) is 20.2. The molecule has 0 saturated carbocycles. The fourth-order valence-electron chi connectivity index (χ4n) is 3.45. The maximum absolute atomic E-state index is 12.6. The predicted molar refractivity (Wildman–Crippen MR) is 133 cm³/mol. The van der Waals surface area contributed by atoms with Gasteiger partial charge in [-0.05, 0) is 63.1 Å². The molecule has 33 heavy (non-hydrogen) atoms. The average Bonchev–Trinajstić information content (AvgIpc) is 3.15. The first-order valence-corrected chi connectivity index (χ1v) is 11.7. The van der Waals surface area contributed by atoms with Gasteiger partial charge in [-0.25, -0.2) is 0 Å². The number of nitrogens with one attached hydrogen (secondary N) is 2. The highest BCUT2D eigenvalue weighted by Gasteiger charge is 2.20. The topological polar surface area (TPSA) is 88.9 Å². The summed E-state index contributed by atoms with van der Waals surface area (Å²) in [5.41, 5.74) is 4.64. The van der Waals surface area contributed by atoms with Gasteiger partial charge < -0.3 is 15.2 Å². The molecule has 1 aromatic heterocycles. The van der Waals surface area contributed by atoms with Gasteiger partial charge in [0.2, 0.25) is 5.91 Å². The summed E-state index contributed by atoms with van der Waals surface area (Å²) in [6, 6.07) is 12.9. The van der Waals surface area contributed by atoms with Crippen LogP contribution < -0.4 is 10.6 Å². The molecule has 3 rings (SSSR count). The Balaban J connectivity index is 1.66. The SMILES string of the molecule is C=CCn1c(SCC(=O)Nc2cc(C)cc(C)c2)nnc1[C@H](C)NC(=O)c1ccc(C)cc1. The van der Waals surface area contributed by atoms with Gasteiger partial charge >= 0.3 is 0 Å². The highest BCUT2D eigenvalue weighted by Crippen LogP contribution is 2.22. The van der Waals surface area contributed by atoms with Gasteiger partial charge in [0, 0.05) is 17.8 Å². The van der Waals surface area contributed by atoms with E-state index in [0.29, 0.717) is 23.1 Å². The minimum absolute atomic E-state index is 0.125. The molecule has 0 aliphatic heterocycles. The summed E-state index contributed by atoms with van der Waals surface area (Å²) in [5, 5.41) is 15.0. The monoisotopic (exact) mass is 463 g/mol. The number of thioether (sulfide) groups is 1. The van der Waals surface area contributed by atoms with Crippen LogP contribution in [0, 0.1) is 20.8 Å². The number of amides is 2. The van der Waals surface area contributed by atoms with Crippen molar-refractivity contribution in [2.24, 2.45) is 0 Å². The first-order valence-electron chi connectivity index (χ1n) is 10.7. The molecular weight excluding hydrogens is 434 g/mol. The molecular formula is C25H29N5O2S. The van der Waals surface area contributed by atoms with Crippen molar-refractivity contribution in [2.75, 3.05) is 11.1 Å². The number of allylic oxidation sites excluding steroid dienone is 1. The number of aromatic nitrogens is 3. The van der Waals surface area contributed by atoms with E-state index >= 15 is 0 Å². The third-order valence-electron chi connectivity index (χ3n) is 4.94. The lowest BCUT2D eigenvalue weighted by molar-refractivity contribution is -0.113. The van der Waals surface area contributed by atoms with Crippen molar-refractivity contribution in [3.8, 4) is 0 Å². The van der Waals surface area contributed by atoms with Crippen LogP contribution in [0.5, 0.6) is 0 Å². The van der Waals surface area contributed by atoms with Crippen LogP contribution in [0.3, 0.4) is 0 Å². The Hall–Kier alpha value is -3.39. The van der Waals surface area contributed by atoms with Gasteiger partial charge in [0.25, 0.3) is 5.91 Å². The summed E-state index contributed by atoms with van der Waals surface area (Å²) in [7, 11) is 0. The Morgan fingerprint density at radius 2 is 1.73 bits per heavy atom. The Bertz CT molecular complexity index is 1130. The molecule has 0 radical (unpaired) electrons. The molecule has 7 nitrogen and oxygen atoms in total. The summed E-state index contributed by atoms with van der Waals surface area (Å²) >= 11 is 1.29. The van der Waals surface area contributed by atoms with Crippen LogP contribution in [0.15, 0.2) is 60.3 Å². The van der Waals surface area contributed by atoms with Crippen molar-refractivity contribution in [3.63, 3.8) is 0 Å². The first-order chi connectivity index (χ1) is 15.8. The summed E-state index contributed by atoms with van der Waals surface area (Å²) in [6.45, 7) is 12.1. The smallest absolute Gasteiger partial charge is 0.251 e. The molecule has 2 amide bonds. The Morgan fingerprint density at radius 3 is 2.36 bits per heavy atom. The second-order valence-corrected chi connectivity index (χ2v) is 8.96. The van der Waals surface area contributed by atoms with E-state index in [1.165, 1.54) is 11.8 Å². The van der Waals surface area contributed by atoms with E-state index in [4.69, 9.17) is 0 Å². The van der Waals surface area contributed by atoms with Gasteiger partial charge in [0.05, 0.1) is 11.8 Å². The van der Waals surface area contributed by atoms with Gasteiger partial charge in [0.15, 0.2) is 11.0 Å². The van der Waals surface area contributed by atoms with Gasteiger partial charge in [-0.3, -0.25) is 9.59 Å². The first kappa shape index (κ1) is 24.3. The second-order valence-electron chi connectivity index (χ2n) is 8.01. The zero-order chi connectivity index (χ0) is 24.0. The lowest BCUT2D eigenvalue weighted by atomic mass is 10.1. The van der Waals surface area contributed by atoms with Crippen LogP contribution in [-0.2, 0) is 11.3 Å². The predicted octanol–water partition coefficient (Wildman–Crippen LogP) is 4.61. The fourth-order valence-corrected chi connectivity index (χ4v) is 4.21. The number of carbonyl (C=O) groups excluding carboxylic acids is 2. The van der Waals surface area contributed by atoms with Gasteiger partial charge in [-0.15, -0.1) is 16.8 Å². The highest BCUT2D eigenvalue weighted by atomic mass is 32.2. The van der Waals surface area contributed by atoms with Crippen molar-refractivity contribution in [2.45, 2.75) is 45.4 Å². The molecule has 0 unspecified atom stereocenters. The van der Waals surface area contributed by atoms with Gasteiger partial charge in [-0.1, -0.05) is 41.6 Å². The van der Waals surface area contributed by atoms with Crippen LogP contribution in [0.4, 0.5) is 5.69 Å². The molecule has 2 aromatic carbocycles. The molecule has 3 aromatic rings. The molecule has 2 N–H and O–H groups in total. The van der Waals surface area contributed by atoms with E-state index in [-0.39, 0.29) is 23.6 Å². The van der Waals surface area contributed by atoms with Crippen molar-refractivity contribution in [1.82, 2.24) is 20.1 Å². The fraction of sp³-hybridized carbons (Fsp3) is 0.280. The number of aryl methyl sites for hydroxylation is 3. The second kappa shape index (κ2) is 11.0. The number of benzene rings is 2. The van der Waals surface area contributed by atoms with Crippen molar-refractivity contribution in [1.29, 1.82) is 0 Å². The number of rotatable bonds is 9. The summed E-state index contributed by atoms with van der Waals surface area (Å²) < 4.78 is 1.86. The van der Waals surface area contributed by atoms with Crippen LogP contribution >= 0.6 is 11.8 Å². The lowest BCUT2D eigenvalue weighted by Gasteiger charge is -2.15. The maximum atomic E-state index is 12.6. The molecule has 0 bridgehead atoms. The van der Waals surface area contributed by atoms with E-state index in [1.54, 1.807) is 18.2 Å². The lowest BCUT2D eigenvalue weighted by Crippen LogP contribution is -2.28. The van der Waals surface area contributed by atoms with Crippen LogP contribution in [-0.4, -0.2) is 32.3 Å². The van der Waals surface area contributed by atoms with E-state index in [9.17, 15) is 9.59 Å². The molecule has 1 heterocycles. The van der Waals surface area contributed by atoms with Crippen LogP contribution in [0.2, 0.25) is 0 Å². The normalized spacial score (nSPS) is 11.6. The van der Waals surface area contributed by atoms with Gasteiger partial charge in [-0.2, -0.15) is 0 Å². The Kier molecular flexibility index (Phi) is 8.06. The van der Waals surface area contributed by atoms with Crippen molar-refractivity contribution < 1.29 is 9.59 Å². The maximum Gasteiger partial charge on any atom is 0.251 e. The average molecular weight is 464 g/mol. The molecule has 0 spiro atoms. The number of carbonyl (C=O) groups is 2. The van der Waals surface area contributed by atoms with Crippen LogP contribution in [0.1, 0.15) is 45.8 Å². The minimum atomic E-state index is -0.371. The van der Waals surface area contributed by atoms with Crippen molar-refractivity contribution in [3.05, 3.63) is 83.2 Å². The molecule has 0 aliphatic carbocycles. The van der Waals surface area contributed by atoms with E-state index in [0.717, 1.165) is 22.4 Å². The highest BCUT2D eigenvalue weighted by molar-refractivity contribution is 7.99. The number of hydrogen-bond acceptors (Lipinski definition) is 5. The van der Waals surface area contributed by atoms with E-state index in [1.807, 2.05) is 56.5 Å². The molecule has 0 saturated heterocycles. The summed E-state index contributed by atoms with van der Waals surface area (Å²) in [6.07, 6.45) is 1.74. The van der Waals surface area contributed by atoms with E-state index in [2.05, 4.69) is 33.5 Å². The standard InChI is InChI=1S/C25H29N5O2S/c1-6-11-30-23(19(5)26-24(32)20-9-7-16(2)8-10-20)28-29-25(30)33-15-22(31)27-21-13-17(3)12-18(4)14-21/h6-10,12-14,19H,1,11,15H2,2-5H3,(H,26,32)(H,27,31)/t19-/m0/s1. The third kappa shape index (κ3) is 6.55. The molecule has 8 heteroatoms. The molecule has 172 valence electrons. The quantitative estimate of drug-likeness (QED) is 0.357. The molecule has 1 atom stereocenters. The third-order valence-corrected chi connectivity index (χ3v) is 5.91.